The van der Waals surface area contributed by atoms with Gasteiger partial charge in [0.05, 0.1) is 34.2 Å². The van der Waals surface area contributed by atoms with Crippen LogP contribution in [0.25, 0.3) is 11.3 Å². The lowest BCUT2D eigenvalue weighted by atomic mass is 10.0. The van der Waals surface area contributed by atoms with Gasteiger partial charge >= 0.3 is 0 Å². The molecule has 0 saturated carbocycles. The summed E-state index contributed by atoms with van der Waals surface area (Å²) < 4.78 is 3.47. The van der Waals surface area contributed by atoms with E-state index in [0.717, 1.165) is 12.0 Å². The van der Waals surface area contributed by atoms with E-state index in [9.17, 15) is 14.4 Å². The van der Waals surface area contributed by atoms with Crippen LogP contribution in [0.3, 0.4) is 0 Å². The van der Waals surface area contributed by atoms with Crippen molar-refractivity contribution in [1.29, 1.82) is 0 Å². The molecule has 3 heterocycles. The Bertz CT molecular complexity index is 1880. The Labute approximate surface area is 252 Å². The molecule has 0 aliphatic carbocycles. The third-order valence-corrected chi connectivity index (χ3v) is 8.40. The Kier molecular flexibility index (Phi) is 7.58. The number of nitrogens with one attached hydrogen (secondary N) is 1. The largest absolute Gasteiger partial charge is 0.355 e. The Balaban J connectivity index is 1.45. The highest BCUT2D eigenvalue weighted by atomic mass is 35.5. The van der Waals surface area contributed by atoms with Gasteiger partial charge in [0.2, 0.25) is 0 Å². The average molecular weight is 601 g/mol. The monoisotopic (exact) mass is 599 g/mol. The summed E-state index contributed by atoms with van der Waals surface area (Å²) in [5.41, 5.74) is 5.41. The number of carbonyl (C=O) groups excluding carboxylic acids is 2. The van der Waals surface area contributed by atoms with Crippen LogP contribution in [0.15, 0.2) is 83.8 Å². The Hall–Kier alpha value is -4.40. The van der Waals surface area contributed by atoms with Crippen LogP contribution in [-0.4, -0.2) is 44.5 Å². The number of benzene rings is 3. The number of fused-ring (bicyclic) bond motifs is 3. The predicted molar refractivity (Wildman–Crippen MR) is 163 cm³/mol. The van der Waals surface area contributed by atoms with Crippen molar-refractivity contribution in [1.82, 2.24) is 24.4 Å². The van der Waals surface area contributed by atoms with Crippen molar-refractivity contribution in [3.05, 3.63) is 133 Å². The van der Waals surface area contributed by atoms with E-state index < -0.39 is 0 Å². The number of nitrogens with zero attached hydrogens (tertiary/aromatic N) is 4. The number of aromatic nitrogens is 3. The molecule has 0 fully saturated rings. The quantitative estimate of drug-likeness (QED) is 0.293. The van der Waals surface area contributed by atoms with E-state index in [4.69, 9.17) is 28.3 Å². The molecule has 212 valence electrons. The normalized spacial score (nSPS) is 12.8. The molecule has 8 nitrogen and oxygen atoms in total. The summed E-state index contributed by atoms with van der Waals surface area (Å²) >= 11 is 12.2. The first-order valence-electron chi connectivity index (χ1n) is 13.6. The average Bonchev–Trinajstić information content (AvgIpc) is 3.45. The van der Waals surface area contributed by atoms with Crippen LogP contribution in [0.2, 0.25) is 10.0 Å². The highest BCUT2D eigenvalue weighted by Gasteiger charge is 2.29. The molecule has 2 amide bonds. The van der Waals surface area contributed by atoms with Crippen molar-refractivity contribution in [2.24, 2.45) is 0 Å². The summed E-state index contributed by atoms with van der Waals surface area (Å²) in [7, 11) is 1.58. The number of aryl methyl sites for hydroxylation is 2. The zero-order chi connectivity index (χ0) is 29.4. The maximum Gasteiger partial charge on any atom is 0.261 e. The van der Waals surface area contributed by atoms with Crippen molar-refractivity contribution < 1.29 is 9.59 Å². The summed E-state index contributed by atoms with van der Waals surface area (Å²) in [6, 6.07) is 21.9. The Morgan fingerprint density at radius 2 is 1.67 bits per heavy atom. The molecule has 1 aliphatic rings. The molecule has 3 aromatic carbocycles. The first-order valence-corrected chi connectivity index (χ1v) is 14.4. The number of halogens is 2. The maximum atomic E-state index is 14.2. The molecule has 5 aromatic rings. The first kappa shape index (κ1) is 27.8. The molecule has 0 atom stereocenters. The van der Waals surface area contributed by atoms with E-state index in [2.05, 4.69) is 17.4 Å². The molecule has 0 saturated heterocycles. The standard InChI is InChI=1S/C32H27Cl2N5O3/c1-35-29(40)21-9-12-24(13-10-21)38-30-23(8-7-20-5-3-2-4-6-20)18-36-39(30)28-19-37(16-15-25(28)32(38)42)31(41)22-11-14-26(33)27(34)17-22/h2-6,9-14,17-18H,7-8,15-16,19H2,1H3,(H,35,40). The van der Waals surface area contributed by atoms with Gasteiger partial charge in [0.15, 0.2) is 0 Å². The summed E-state index contributed by atoms with van der Waals surface area (Å²) in [4.78, 5) is 41.5. The lowest BCUT2D eigenvalue weighted by Gasteiger charge is -2.30. The molecule has 0 unspecified atom stereocenters. The number of carbonyl (C=O) groups is 2. The van der Waals surface area contributed by atoms with Gasteiger partial charge in [-0.15, -0.1) is 0 Å². The molecule has 1 N–H and O–H groups in total. The van der Waals surface area contributed by atoms with Gasteiger partial charge < -0.3 is 10.2 Å². The molecule has 0 bridgehead atoms. The zero-order valence-corrected chi connectivity index (χ0v) is 24.3. The van der Waals surface area contributed by atoms with Gasteiger partial charge in [-0.1, -0.05) is 53.5 Å². The predicted octanol–water partition coefficient (Wildman–Crippen LogP) is 5.14. The molecule has 2 aromatic heterocycles. The second-order valence-electron chi connectivity index (χ2n) is 10.2. The summed E-state index contributed by atoms with van der Waals surface area (Å²) in [5.74, 6) is -0.401. The van der Waals surface area contributed by atoms with Crippen LogP contribution < -0.4 is 10.9 Å². The fourth-order valence-corrected chi connectivity index (χ4v) is 5.74. The Morgan fingerprint density at radius 1 is 0.929 bits per heavy atom. The van der Waals surface area contributed by atoms with Gasteiger partial charge in [0, 0.05) is 35.8 Å². The second kappa shape index (κ2) is 11.5. The van der Waals surface area contributed by atoms with Crippen LogP contribution in [0.5, 0.6) is 0 Å². The van der Waals surface area contributed by atoms with E-state index >= 15 is 0 Å². The van der Waals surface area contributed by atoms with Crippen molar-refractivity contribution >= 4 is 40.7 Å². The van der Waals surface area contributed by atoms with Gasteiger partial charge in [-0.3, -0.25) is 19.0 Å². The second-order valence-corrected chi connectivity index (χ2v) is 11.0. The van der Waals surface area contributed by atoms with Gasteiger partial charge in [-0.25, -0.2) is 4.52 Å². The van der Waals surface area contributed by atoms with Crippen molar-refractivity contribution in [2.45, 2.75) is 25.8 Å². The van der Waals surface area contributed by atoms with Crippen LogP contribution in [0, 0.1) is 0 Å². The third-order valence-electron chi connectivity index (χ3n) is 7.66. The minimum atomic E-state index is -0.205. The van der Waals surface area contributed by atoms with E-state index in [1.54, 1.807) is 69.7 Å². The maximum absolute atomic E-state index is 14.2. The van der Waals surface area contributed by atoms with Crippen LogP contribution in [0.4, 0.5) is 0 Å². The van der Waals surface area contributed by atoms with Gasteiger partial charge in [-0.2, -0.15) is 5.10 Å². The third kappa shape index (κ3) is 5.08. The van der Waals surface area contributed by atoms with Crippen LogP contribution in [0.1, 0.15) is 43.1 Å². The van der Waals surface area contributed by atoms with Gasteiger partial charge in [0.1, 0.15) is 5.65 Å². The van der Waals surface area contributed by atoms with E-state index in [-0.39, 0.29) is 23.9 Å². The van der Waals surface area contributed by atoms with Crippen molar-refractivity contribution in [2.75, 3.05) is 13.6 Å². The summed E-state index contributed by atoms with van der Waals surface area (Å²) in [5, 5.41) is 8.05. The van der Waals surface area contributed by atoms with Gasteiger partial charge in [-0.05, 0) is 67.3 Å². The van der Waals surface area contributed by atoms with E-state index in [0.29, 0.717) is 63.2 Å². The highest BCUT2D eigenvalue weighted by Crippen LogP contribution is 2.27. The molecular formula is C32H27Cl2N5O3. The van der Waals surface area contributed by atoms with E-state index in [1.807, 2.05) is 18.2 Å². The minimum Gasteiger partial charge on any atom is -0.355 e. The SMILES string of the molecule is CNC(=O)c1ccc(-n2c(=O)c3c(n4ncc(CCc5ccccc5)c24)CN(C(=O)c2ccc(Cl)c(Cl)c2)CC3)cc1. The molecule has 1 aliphatic heterocycles. The van der Waals surface area contributed by atoms with Crippen molar-refractivity contribution in [3.8, 4) is 5.69 Å². The van der Waals surface area contributed by atoms with Crippen LogP contribution >= 0.6 is 23.2 Å². The summed E-state index contributed by atoms with van der Waals surface area (Å²) in [6.07, 6.45) is 3.60. The topological polar surface area (TPSA) is 88.7 Å². The lowest BCUT2D eigenvalue weighted by molar-refractivity contribution is 0.0729. The number of hydrogen-bond acceptors (Lipinski definition) is 4. The van der Waals surface area contributed by atoms with Gasteiger partial charge in [0.25, 0.3) is 17.4 Å². The fourth-order valence-electron chi connectivity index (χ4n) is 5.45. The molecule has 0 spiro atoms. The highest BCUT2D eigenvalue weighted by molar-refractivity contribution is 6.42. The Morgan fingerprint density at radius 3 is 2.38 bits per heavy atom. The molecule has 6 rings (SSSR count). The zero-order valence-electron chi connectivity index (χ0n) is 22.8. The lowest BCUT2D eigenvalue weighted by Crippen LogP contribution is -2.41. The van der Waals surface area contributed by atoms with E-state index in [1.165, 1.54) is 5.56 Å². The number of hydrogen-bond donors (Lipinski definition) is 1. The number of rotatable bonds is 6. The molecule has 10 heteroatoms. The molecule has 0 radical (unpaired) electrons. The molecule has 42 heavy (non-hydrogen) atoms. The van der Waals surface area contributed by atoms with Crippen molar-refractivity contribution in [3.63, 3.8) is 0 Å². The van der Waals surface area contributed by atoms with Crippen LogP contribution in [-0.2, 0) is 25.8 Å². The fraction of sp³-hybridized carbons (Fsp3) is 0.188. The molecular weight excluding hydrogens is 573 g/mol. The smallest absolute Gasteiger partial charge is 0.261 e. The minimum absolute atomic E-state index is 0.159. The number of amides is 2. The summed E-state index contributed by atoms with van der Waals surface area (Å²) in [6.45, 7) is 0.584. The first-order chi connectivity index (χ1) is 20.4.